The molecule has 0 aromatic carbocycles. The van der Waals surface area contributed by atoms with E-state index in [2.05, 4.69) is 17.7 Å². The Balaban J connectivity index is 2.44. The largest absolute Gasteiger partial charge is 0.306 e. The molecule has 4 heteroatoms. The van der Waals surface area contributed by atoms with Crippen molar-refractivity contribution in [3.63, 3.8) is 0 Å². The number of carbonyl (C=O) groups excluding carboxylic acids is 1. The zero-order valence-electron chi connectivity index (χ0n) is 8.63. The highest BCUT2D eigenvalue weighted by molar-refractivity contribution is 5.81. The van der Waals surface area contributed by atoms with Gasteiger partial charge in [-0.1, -0.05) is 6.92 Å². The van der Waals surface area contributed by atoms with Crippen molar-refractivity contribution >= 4 is 5.91 Å². The fraction of sp³-hybridized carbons (Fsp3) is 0.889. The molecular weight excluding hydrogens is 166 g/mol. The highest BCUT2D eigenvalue weighted by Crippen LogP contribution is 2.15. The first-order chi connectivity index (χ1) is 6.11. The Bertz CT molecular complexity index is 182. The van der Waals surface area contributed by atoms with Crippen LogP contribution in [0.2, 0.25) is 0 Å². The van der Waals surface area contributed by atoms with Gasteiger partial charge >= 0.3 is 0 Å². The van der Waals surface area contributed by atoms with Crippen LogP contribution in [0.15, 0.2) is 0 Å². The van der Waals surface area contributed by atoms with Gasteiger partial charge in [-0.2, -0.15) is 0 Å². The molecule has 76 valence electrons. The SMILES string of the molecule is CC1CCCNC1C(=O)NN(C)C. The van der Waals surface area contributed by atoms with E-state index < -0.39 is 0 Å². The highest BCUT2D eigenvalue weighted by atomic mass is 16.2. The van der Waals surface area contributed by atoms with Gasteiger partial charge in [0.1, 0.15) is 0 Å². The zero-order chi connectivity index (χ0) is 9.84. The van der Waals surface area contributed by atoms with Gasteiger partial charge in [-0.05, 0) is 25.3 Å². The van der Waals surface area contributed by atoms with Crippen LogP contribution < -0.4 is 10.7 Å². The van der Waals surface area contributed by atoms with Crippen molar-refractivity contribution in [3.05, 3.63) is 0 Å². The van der Waals surface area contributed by atoms with E-state index in [1.807, 2.05) is 14.1 Å². The Kier molecular flexibility index (Phi) is 3.69. The summed E-state index contributed by atoms with van der Waals surface area (Å²) in [4.78, 5) is 11.6. The summed E-state index contributed by atoms with van der Waals surface area (Å²) in [5.74, 6) is 0.519. The number of hydrogen-bond donors (Lipinski definition) is 2. The van der Waals surface area contributed by atoms with Crippen molar-refractivity contribution in [3.8, 4) is 0 Å². The van der Waals surface area contributed by atoms with Crippen LogP contribution in [-0.4, -0.2) is 37.6 Å². The summed E-state index contributed by atoms with van der Waals surface area (Å²) in [7, 11) is 3.65. The smallest absolute Gasteiger partial charge is 0.251 e. The van der Waals surface area contributed by atoms with Gasteiger partial charge in [0.05, 0.1) is 6.04 Å². The lowest BCUT2D eigenvalue weighted by molar-refractivity contribution is -0.128. The summed E-state index contributed by atoms with van der Waals surface area (Å²) in [5.41, 5.74) is 2.77. The van der Waals surface area contributed by atoms with E-state index >= 15 is 0 Å². The van der Waals surface area contributed by atoms with Crippen LogP contribution in [0.1, 0.15) is 19.8 Å². The molecule has 2 unspecified atom stereocenters. The number of hydrogen-bond acceptors (Lipinski definition) is 3. The molecule has 0 bridgehead atoms. The van der Waals surface area contributed by atoms with E-state index in [1.54, 1.807) is 5.01 Å². The number of hydrazine groups is 1. The molecule has 1 heterocycles. The van der Waals surface area contributed by atoms with Crippen LogP contribution in [0.5, 0.6) is 0 Å². The van der Waals surface area contributed by atoms with Gasteiger partial charge in [0, 0.05) is 14.1 Å². The molecule has 1 aliphatic rings. The van der Waals surface area contributed by atoms with Crippen molar-refractivity contribution in [2.45, 2.75) is 25.8 Å². The molecule has 1 fully saturated rings. The lowest BCUT2D eigenvalue weighted by Gasteiger charge is -2.29. The number of rotatable bonds is 2. The van der Waals surface area contributed by atoms with Crippen LogP contribution in [0, 0.1) is 5.92 Å². The van der Waals surface area contributed by atoms with Crippen molar-refractivity contribution in [2.24, 2.45) is 5.92 Å². The average Bonchev–Trinajstić information content (AvgIpc) is 2.03. The predicted molar refractivity (Wildman–Crippen MR) is 52.0 cm³/mol. The molecule has 1 saturated heterocycles. The number of amides is 1. The van der Waals surface area contributed by atoms with E-state index in [-0.39, 0.29) is 11.9 Å². The molecule has 2 atom stereocenters. The summed E-state index contributed by atoms with van der Waals surface area (Å²) < 4.78 is 0. The molecule has 0 spiro atoms. The topological polar surface area (TPSA) is 44.4 Å². The standard InChI is InChI=1S/C9H19N3O/c1-7-5-4-6-10-8(7)9(13)11-12(2)3/h7-8,10H,4-6H2,1-3H3,(H,11,13). The van der Waals surface area contributed by atoms with Crippen LogP contribution in [0.4, 0.5) is 0 Å². The molecule has 0 aromatic rings. The number of carbonyl (C=O) groups is 1. The van der Waals surface area contributed by atoms with E-state index in [1.165, 1.54) is 6.42 Å². The van der Waals surface area contributed by atoms with Gasteiger partial charge in [-0.15, -0.1) is 0 Å². The Morgan fingerprint density at radius 3 is 2.77 bits per heavy atom. The number of piperidine rings is 1. The molecule has 0 radical (unpaired) electrons. The number of nitrogens with one attached hydrogen (secondary N) is 2. The third-order valence-electron chi connectivity index (χ3n) is 2.39. The maximum absolute atomic E-state index is 11.6. The van der Waals surface area contributed by atoms with Crippen molar-refractivity contribution in [1.82, 2.24) is 15.8 Å². The molecule has 0 aromatic heterocycles. The van der Waals surface area contributed by atoms with Crippen molar-refractivity contribution in [1.29, 1.82) is 0 Å². The Morgan fingerprint density at radius 2 is 2.23 bits per heavy atom. The monoisotopic (exact) mass is 185 g/mol. The molecule has 1 aliphatic heterocycles. The fourth-order valence-electron chi connectivity index (χ4n) is 1.69. The molecule has 0 aliphatic carbocycles. The van der Waals surface area contributed by atoms with Gasteiger partial charge in [-0.25, -0.2) is 5.01 Å². The lowest BCUT2D eigenvalue weighted by atomic mass is 9.92. The predicted octanol–water partition coefficient (Wildman–Crippen LogP) is -0.0327. The number of nitrogens with zero attached hydrogens (tertiary/aromatic N) is 1. The maximum atomic E-state index is 11.6. The fourth-order valence-corrected chi connectivity index (χ4v) is 1.69. The first-order valence-electron chi connectivity index (χ1n) is 4.82. The molecule has 1 amide bonds. The second-order valence-corrected chi connectivity index (χ2v) is 3.92. The quantitative estimate of drug-likeness (QED) is 0.594. The Morgan fingerprint density at radius 1 is 1.54 bits per heavy atom. The Labute approximate surface area is 79.6 Å². The van der Waals surface area contributed by atoms with E-state index in [4.69, 9.17) is 0 Å². The minimum Gasteiger partial charge on any atom is -0.306 e. The van der Waals surface area contributed by atoms with Crippen LogP contribution in [-0.2, 0) is 4.79 Å². The average molecular weight is 185 g/mol. The second-order valence-electron chi connectivity index (χ2n) is 3.92. The van der Waals surface area contributed by atoms with Gasteiger partial charge in [0.25, 0.3) is 5.91 Å². The van der Waals surface area contributed by atoms with E-state index in [0.717, 1.165) is 13.0 Å². The highest BCUT2D eigenvalue weighted by Gasteiger charge is 2.27. The molecule has 0 saturated carbocycles. The van der Waals surface area contributed by atoms with Crippen LogP contribution in [0.3, 0.4) is 0 Å². The molecule has 2 N–H and O–H groups in total. The third-order valence-corrected chi connectivity index (χ3v) is 2.39. The maximum Gasteiger partial charge on any atom is 0.251 e. The minimum atomic E-state index is -0.0175. The van der Waals surface area contributed by atoms with E-state index in [9.17, 15) is 4.79 Å². The van der Waals surface area contributed by atoms with Gasteiger partial charge in [-0.3, -0.25) is 10.2 Å². The van der Waals surface area contributed by atoms with Crippen molar-refractivity contribution in [2.75, 3.05) is 20.6 Å². The first-order valence-corrected chi connectivity index (χ1v) is 4.82. The second kappa shape index (κ2) is 4.58. The minimum absolute atomic E-state index is 0.0175. The van der Waals surface area contributed by atoms with Crippen LogP contribution in [0.25, 0.3) is 0 Å². The van der Waals surface area contributed by atoms with Gasteiger partial charge < -0.3 is 5.32 Å². The summed E-state index contributed by atoms with van der Waals surface area (Å²) in [5, 5.41) is 4.92. The lowest BCUT2D eigenvalue weighted by Crippen LogP contribution is -2.53. The van der Waals surface area contributed by atoms with Gasteiger partial charge in [0.15, 0.2) is 0 Å². The van der Waals surface area contributed by atoms with Crippen LogP contribution >= 0.6 is 0 Å². The van der Waals surface area contributed by atoms with E-state index in [0.29, 0.717) is 5.92 Å². The van der Waals surface area contributed by atoms with Crippen molar-refractivity contribution < 1.29 is 4.79 Å². The summed E-state index contributed by atoms with van der Waals surface area (Å²) >= 11 is 0. The summed E-state index contributed by atoms with van der Waals surface area (Å²) in [6, 6.07) is -0.0175. The molecular formula is C9H19N3O. The Hall–Kier alpha value is -0.610. The summed E-state index contributed by atoms with van der Waals surface area (Å²) in [6.45, 7) is 3.07. The normalized spacial score (nSPS) is 28.9. The third kappa shape index (κ3) is 2.97. The molecule has 1 rings (SSSR count). The zero-order valence-corrected chi connectivity index (χ0v) is 8.63. The van der Waals surface area contributed by atoms with Gasteiger partial charge in [0.2, 0.25) is 0 Å². The first kappa shape index (κ1) is 10.5. The summed E-state index contributed by atoms with van der Waals surface area (Å²) in [6.07, 6.45) is 2.31. The molecule has 4 nitrogen and oxygen atoms in total. The molecule has 13 heavy (non-hydrogen) atoms.